The molecular weight excluding hydrogens is 365 g/mol. The molecule has 0 atom stereocenters. The van der Waals surface area contributed by atoms with Crippen LogP contribution in [0.25, 0.3) is 11.0 Å². The summed E-state index contributed by atoms with van der Waals surface area (Å²) in [6, 6.07) is 3.74. The van der Waals surface area contributed by atoms with Gasteiger partial charge in [0.25, 0.3) is 0 Å². The molecule has 0 spiro atoms. The Bertz CT molecular complexity index is 848. The van der Waals surface area contributed by atoms with Crippen LogP contribution in [0.15, 0.2) is 24.7 Å². The van der Waals surface area contributed by atoms with Crippen LogP contribution in [0.5, 0.6) is 11.8 Å². The van der Waals surface area contributed by atoms with E-state index in [1.165, 1.54) is 6.42 Å². The normalized spacial score (nSPS) is 15.0. The first kappa shape index (κ1) is 14.0. The molecule has 1 saturated carbocycles. The van der Waals surface area contributed by atoms with Gasteiger partial charge < -0.3 is 0 Å². The van der Waals surface area contributed by atoms with Crippen LogP contribution >= 0.6 is 11.6 Å². The van der Waals surface area contributed by atoms with Gasteiger partial charge in [-0.3, -0.25) is 0 Å². The number of ether oxygens (including phenoxy) is 1. The Morgan fingerprint density at radius 3 is 2.86 bits per heavy atom. The van der Waals surface area contributed by atoms with E-state index in [-0.39, 0.29) is 0 Å². The number of pyridine rings is 1. The number of hydrogen-bond acceptors (Lipinski definition) is 5. The average Bonchev–Trinajstić information content (AvgIpc) is 2.77. The second-order valence-corrected chi connectivity index (χ2v) is 6.47. The number of aromatic nitrogens is 5. The van der Waals surface area contributed by atoms with Crippen molar-refractivity contribution >= 4 is 44.0 Å². The van der Waals surface area contributed by atoms with Gasteiger partial charge in [0.1, 0.15) is 0 Å². The summed E-state index contributed by atoms with van der Waals surface area (Å²) in [7, 11) is 0. The van der Waals surface area contributed by atoms with Crippen LogP contribution in [-0.4, -0.2) is 41.6 Å². The molecule has 0 N–H and O–H groups in total. The number of nitrogens with zero attached hydrogens (tertiary/aromatic N) is 5. The molecule has 3 aromatic heterocycles. The van der Waals surface area contributed by atoms with Gasteiger partial charge in [0, 0.05) is 0 Å². The predicted octanol–water partition coefficient (Wildman–Crippen LogP) is 2.19. The second-order valence-electron chi connectivity index (χ2n) is 5.14. The molecule has 0 bridgehead atoms. The summed E-state index contributed by atoms with van der Waals surface area (Å²) in [6.07, 6.45) is 6.60. The van der Waals surface area contributed by atoms with Crippen molar-refractivity contribution in [2.45, 2.75) is 25.3 Å². The van der Waals surface area contributed by atoms with Crippen molar-refractivity contribution in [2.24, 2.45) is 0 Å². The molecule has 3 aromatic rings. The van der Waals surface area contributed by atoms with Gasteiger partial charge in [0.05, 0.1) is 0 Å². The van der Waals surface area contributed by atoms with Gasteiger partial charge in [-0.2, -0.15) is 0 Å². The molecule has 6 nitrogen and oxygen atoms in total. The van der Waals surface area contributed by atoms with Gasteiger partial charge in [0.2, 0.25) is 0 Å². The summed E-state index contributed by atoms with van der Waals surface area (Å²) < 4.78 is 8.55. The van der Waals surface area contributed by atoms with E-state index in [0.29, 0.717) is 22.8 Å². The van der Waals surface area contributed by atoms with E-state index in [4.69, 9.17) is 16.3 Å². The SMILES string of the molecule is Clc1ccnc(Oc2nn(C3CCC3)c3ncnc([As])c23)c1. The van der Waals surface area contributed by atoms with Crippen LogP contribution in [0.3, 0.4) is 0 Å². The van der Waals surface area contributed by atoms with Crippen molar-refractivity contribution in [1.82, 2.24) is 24.7 Å². The zero-order valence-corrected chi connectivity index (χ0v) is 14.1. The summed E-state index contributed by atoms with van der Waals surface area (Å²) in [5.41, 5.74) is 0.798. The molecule has 0 aliphatic heterocycles. The first-order valence-corrected chi connectivity index (χ1v) is 8.25. The third kappa shape index (κ3) is 2.36. The summed E-state index contributed by atoms with van der Waals surface area (Å²) in [5, 5.41) is 5.96. The zero-order chi connectivity index (χ0) is 15.1. The maximum atomic E-state index is 5.97. The Morgan fingerprint density at radius 1 is 1.27 bits per heavy atom. The first-order chi connectivity index (χ1) is 10.7. The molecule has 0 aromatic carbocycles. The standard InChI is InChI=1S/C14H11AsClN5O/c15-12-11-13(19-7-18-12)21(9-2-1-3-9)20-14(11)22-10-6-8(16)4-5-17-10/h4-7,9H,1-3H2. The van der Waals surface area contributed by atoms with Gasteiger partial charge in [0.15, 0.2) is 0 Å². The van der Waals surface area contributed by atoms with Gasteiger partial charge in [-0.15, -0.1) is 0 Å². The fourth-order valence-electron chi connectivity index (χ4n) is 2.42. The molecule has 22 heavy (non-hydrogen) atoms. The van der Waals surface area contributed by atoms with Crippen LogP contribution in [0, 0.1) is 0 Å². The Kier molecular flexibility index (Phi) is 3.51. The summed E-state index contributed by atoms with van der Waals surface area (Å²) in [5.74, 6) is 0.872. The third-order valence-electron chi connectivity index (χ3n) is 3.76. The monoisotopic (exact) mass is 375 g/mol. The molecule has 0 saturated heterocycles. The van der Waals surface area contributed by atoms with Crippen LogP contribution in [0.2, 0.25) is 5.02 Å². The molecule has 2 radical (unpaired) electrons. The van der Waals surface area contributed by atoms with E-state index in [2.05, 4.69) is 36.9 Å². The van der Waals surface area contributed by atoms with Crippen LogP contribution in [0.4, 0.5) is 0 Å². The molecule has 110 valence electrons. The third-order valence-corrected chi connectivity index (χ3v) is 4.70. The van der Waals surface area contributed by atoms with Crippen LogP contribution in [-0.2, 0) is 0 Å². The summed E-state index contributed by atoms with van der Waals surface area (Å²) >= 11 is 8.41. The molecule has 0 amide bonds. The summed E-state index contributed by atoms with van der Waals surface area (Å²) in [6.45, 7) is 0. The zero-order valence-electron chi connectivity index (χ0n) is 11.5. The molecule has 3 heterocycles. The van der Waals surface area contributed by atoms with Gasteiger partial charge in [-0.25, -0.2) is 0 Å². The quantitative estimate of drug-likeness (QED) is 0.657. The van der Waals surface area contributed by atoms with E-state index >= 15 is 0 Å². The van der Waals surface area contributed by atoms with Crippen LogP contribution in [0.1, 0.15) is 25.3 Å². The average molecular weight is 376 g/mol. The second kappa shape index (κ2) is 5.52. The van der Waals surface area contributed by atoms with Crippen molar-refractivity contribution in [3.63, 3.8) is 0 Å². The fraction of sp³-hybridized carbons (Fsp3) is 0.286. The molecule has 1 aliphatic rings. The molecule has 4 rings (SSSR count). The topological polar surface area (TPSA) is 65.7 Å². The number of hydrogen-bond donors (Lipinski definition) is 0. The Morgan fingerprint density at radius 2 is 2.14 bits per heavy atom. The number of halogens is 1. The fourth-order valence-corrected chi connectivity index (χ4v) is 3.09. The molecule has 1 aliphatic carbocycles. The number of rotatable bonds is 3. The van der Waals surface area contributed by atoms with Gasteiger partial charge >= 0.3 is 140 Å². The van der Waals surface area contributed by atoms with Crippen molar-refractivity contribution in [3.8, 4) is 11.8 Å². The maximum absolute atomic E-state index is 5.97. The van der Waals surface area contributed by atoms with Gasteiger partial charge in [-0.1, -0.05) is 0 Å². The van der Waals surface area contributed by atoms with Crippen molar-refractivity contribution in [3.05, 3.63) is 29.7 Å². The molecule has 8 heteroatoms. The minimum absolute atomic E-state index is 0.383. The molecular formula is C14H11AsClN5O. The Labute approximate surface area is 140 Å². The van der Waals surface area contributed by atoms with Gasteiger partial charge in [-0.05, 0) is 0 Å². The van der Waals surface area contributed by atoms with Crippen molar-refractivity contribution < 1.29 is 4.74 Å². The van der Waals surface area contributed by atoms with Crippen molar-refractivity contribution in [2.75, 3.05) is 0 Å². The van der Waals surface area contributed by atoms with E-state index in [9.17, 15) is 0 Å². The van der Waals surface area contributed by atoms with Crippen LogP contribution < -0.4 is 9.22 Å². The van der Waals surface area contributed by atoms with E-state index < -0.39 is 0 Å². The predicted molar refractivity (Wildman–Crippen MR) is 82.9 cm³/mol. The Hall–Kier alpha value is -1.65. The minimum atomic E-state index is 0.383. The van der Waals surface area contributed by atoms with E-state index in [1.807, 2.05) is 4.68 Å². The van der Waals surface area contributed by atoms with E-state index in [0.717, 1.165) is 28.4 Å². The number of fused-ring (bicyclic) bond motifs is 1. The molecule has 0 unspecified atom stereocenters. The van der Waals surface area contributed by atoms with Crippen molar-refractivity contribution in [1.29, 1.82) is 0 Å². The first-order valence-electron chi connectivity index (χ1n) is 6.94. The Balaban J connectivity index is 1.82. The molecule has 1 fully saturated rings. The summed E-state index contributed by atoms with van der Waals surface area (Å²) in [4.78, 5) is 12.8. The van der Waals surface area contributed by atoms with E-state index in [1.54, 1.807) is 24.7 Å².